The zero-order chi connectivity index (χ0) is 12.0. The van der Waals surface area contributed by atoms with Gasteiger partial charge in [-0.2, -0.15) is 0 Å². The lowest BCUT2D eigenvalue weighted by Crippen LogP contribution is -2.05. The Hall–Kier alpha value is -1.20. The highest BCUT2D eigenvalue weighted by Gasteiger charge is 2.04. The molecule has 86 valence electrons. The summed E-state index contributed by atoms with van der Waals surface area (Å²) in [5.41, 5.74) is 0.709. The maximum absolute atomic E-state index is 13.3. The first kappa shape index (κ1) is 12.9. The Morgan fingerprint density at radius 3 is 2.81 bits per heavy atom. The molecule has 0 spiro atoms. The molecule has 0 aliphatic heterocycles. The molecule has 0 bridgehead atoms. The second-order valence-corrected chi connectivity index (χ2v) is 4.05. The normalized spacial score (nSPS) is 9.81. The smallest absolute Gasteiger partial charge is 0.165 e. The standard InChI is InChI=1S/C13H14ClFO/c1-10(2)9-16-13-8-11(4-3-7-14)5-6-12(13)15/h5-6,8,10H,7,9H2,1-2H3. The predicted octanol–water partition coefficient (Wildman–Crippen LogP) is 3.45. The van der Waals surface area contributed by atoms with Crippen LogP contribution in [0.2, 0.25) is 0 Å². The van der Waals surface area contributed by atoms with Gasteiger partial charge in [-0.05, 0) is 24.1 Å². The molecule has 0 fully saturated rings. The average Bonchev–Trinajstić information content (AvgIpc) is 2.26. The molecule has 16 heavy (non-hydrogen) atoms. The van der Waals surface area contributed by atoms with E-state index in [1.807, 2.05) is 13.8 Å². The Kier molecular flexibility index (Phi) is 5.14. The van der Waals surface area contributed by atoms with Gasteiger partial charge >= 0.3 is 0 Å². The third-order valence-electron chi connectivity index (χ3n) is 1.80. The molecule has 1 aromatic carbocycles. The van der Waals surface area contributed by atoms with Gasteiger partial charge in [0.15, 0.2) is 11.6 Å². The monoisotopic (exact) mass is 240 g/mol. The van der Waals surface area contributed by atoms with Crippen molar-refractivity contribution in [2.45, 2.75) is 13.8 Å². The Morgan fingerprint density at radius 2 is 2.19 bits per heavy atom. The number of alkyl halides is 1. The van der Waals surface area contributed by atoms with Gasteiger partial charge in [0.05, 0.1) is 12.5 Å². The van der Waals surface area contributed by atoms with Crippen molar-refractivity contribution < 1.29 is 9.13 Å². The lowest BCUT2D eigenvalue weighted by molar-refractivity contribution is 0.259. The first-order valence-electron chi connectivity index (χ1n) is 5.10. The van der Waals surface area contributed by atoms with Crippen molar-refractivity contribution in [2.75, 3.05) is 12.5 Å². The van der Waals surface area contributed by atoms with Gasteiger partial charge in [-0.25, -0.2) is 4.39 Å². The van der Waals surface area contributed by atoms with Crippen molar-refractivity contribution in [3.05, 3.63) is 29.6 Å². The summed E-state index contributed by atoms with van der Waals surface area (Å²) in [4.78, 5) is 0. The molecule has 0 saturated heterocycles. The van der Waals surface area contributed by atoms with Crippen molar-refractivity contribution in [3.8, 4) is 17.6 Å². The molecule has 0 aliphatic carbocycles. The van der Waals surface area contributed by atoms with Gasteiger partial charge < -0.3 is 4.74 Å². The first-order valence-corrected chi connectivity index (χ1v) is 5.64. The Morgan fingerprint density at radius 1 is 1.44 bits per heavy atom. The summed E-state index contributed by atoms with van der Waals surface area (Å²) in [5.74, 6) is 6.04. The van der Waals surface area contributed by atoms with Gasteiger partial charge in [0.2, 0.25) is 0 Å². The molecule has 1 aromatic rings. The highest BCUT2D eigenvalue weighted by Crippen LogP contribution is 2.19. The van der Waals surface area contributed by atoms with E-state index in [4.69, 9.17) is 16.3 Å². The minimum atomic E-state index is -0.364. The van der Waals surface area contributed by atoms with Gasteiger partial charge in [-0.15, -0.1) is 11.6 Å². The Bertz CT molecular complexity index is 404. The second kappa shape index (κ2) is 6.40. The largest absolute Gasteiger partial charge is 0.490 e. The van der Waals surface area contributed by atoms with Gasteiger partial charge in [0.1, 0.15) is 0 Å². The molecule has 0 N–H and O–H groups in total. The number of halogens is 2. The zero-order valence-corrected chi connectivity index (χ0v) is 10.1. The number of hydrogen-bond acceptors (Lipinski definition) is 1. The van der Waals surface area contributed by atoms with Crippen LogP contribution in [0.15, 0.2) is 18.2 Å². The Balaban J connectivity index is 2.82. The van der Waals surface area contributed by atoms with Gasteiger partial charge in [-0.3, -0.25) is 0 Å². The van der Waals surface area contributed by atoms with E-state index in [0.717, 1.165) is 0 Å². The molecular weight excluding hydrogens is 227 g/mol. The number of rotatable bonds is 3. The molecule has 1 nitrogen and oxygen atoms in total. The van der Waals surface area contributed by atoms with Crippen LogP contribution in [-0.2, 0) is 0 Å². The van der Waals surface area contributed by atoms with Crippen molar-refractivity contribution in [1.29, 1.82) is 0 Å². The second-order valence-electron chi connectivity index (χ2n) is 3.79. The molecule has 0 radical (unpaired) electrons. The van der Waals surface area contributed by atoms with E-state index >= 15 is 0 Å². The van der Waals surface area contributed by atoms with Crippen LogP contribution in [0.4, 0.5) is 4.39 Å². The van der Waals surface area contributed by atoms with Crippen molar-refractivity contribution >= 4 is 11.6 Å². The van der Waals surface area contributed by atoms with Crippen LogP contribution < -0.4 is 4.74 Å². The summed E-state index contributed by atoms with van der Waals surface area (Å²) in [6.45, 7) is 4.51. The number of benzene rings is 1. The summed E-state index contributed by atoms with van der Waals surface area (Å²) in [6.07, 6.45) is 0. The van der Waals surface area contributed by atoms with Gasteiger partial charge in [-0.1, -0.05) is 25.7 Å². The van der Waals surface area contributed by atoms with E-state index in [1.165, 1.54) is 6.07 Å². The third-order valence-corrected chi connectivity index (χ3v) is 1.94. The minimum Gasteiger partial charge on any atom is -0.490 e. The molecule has 0 atom stereocenters. The fraction of sp³-hybridized carbons (Fsp3) is 0.385. The molecule has 0 unspecified atom stereocenters. The molecule has 0 aliphatic rings. The van der Waals surface area contributed by atoms with Crippen molar-refractivity contribution in [3.63, 3.8) is 0 Å². The predicted molar refractivity (Wildman–Crippen MR) is 64.3 cm³/mol. The minimum absolute atomic E-state index is 0.245. The van der Waals surface area contributed by atoms with E-state index in [1.54, 1.807) is 12.1 Å². The highest BCUT2D eigenvalue weighted by atomic mass is 35.5. The fourth-order valence-electron chi connectivity index (χ4n) is 1.08. The van der Waals surface area contributed by atoms with Gasteiger partial charge in [0.25, 0.3) is 0 Å². The number of ether oxygens (including phenoxy) is 1. The maximum atomic E-state index is 13.3. The van der Waals surface area contributed by atoms with E-state index in [0.29, 0.717) is 18.1 Å². The van der Waals surface area contributed by atoms with Gasteiger partial charge in [0, 0.05) is 5.56 Å². The van der Waals surface area contributed by atoms with E-state index < -0.39 is 0 Å². The summed E-state index contributed by atoms with van der Waals surface area (Å²) in [6, 6.07) is 4.56. The quantitative estimate of drug-likeness (QED) is 0.581. The van der Waals surface area contributed by atoms with E-state index in [2.05, 4.69) is 11.8 Å². The molecule has 0 amide bonds. The van der Waals surface area contributed by atoms with E-state index in [9.17, 15) is 4.39 Å². The Labute approximate surface area is 101 Å². The topological polar surface area (TPSA) is 9.23 Å². The summed E-state index contributed by atoms with van der Waals surface area (Å²) < 4.78 is 18.7. The van der Waals surface area contributed by atoms with Crippen LogP contribution in [0.1, 0.15) is 19.4 Å². The van der Waals surface area contributed by atoms with Crippen LogP contribution in [0.25, 0.3) is 0 Å². The van der Waals surface area contributed by atoms with Crippen LogP contribution in [0, 0.1) is 23.6 Å². The van der Waals surface area contributed by atoms with Crippen LogP contribution >= 0.6 is 11.6 Å². The first-order chi connectivity index (χ1) is 7.63. The molecule has 1 rings (SSSR count). The number of hydrogen-bond donors (Lipinski definition) is 0. The van der Waals surface area contributed by atoms with Crippen molar-refractivity contribution in [2.24, 2.45) is 5.92 Å². The summed E-state index contributed by atoms with van der Waals surface area (Å²) in [7, 11) is 0. The summed E-state index contributed by atoms with van der Waals surface area (Å²) in [5, 5.41) is 0. The van der Waals surface area contributed by atoms with Crippen LogP contribution in [-0.4, -0.2) is 12.5 Å². The molecule has 3 heteroatoms. The van der Waals surface area contributed by atoms with Crippen LogP contribution in [0.3, 0.4) is 0 Å². The van der Waals surface area contributed by atoms with Crippen LogP contribution in [0.5, 0.6) is 5.75 Å². The highest BCUT2D eigenvalue weighted by molar-refractivity contribution is 6.19. The maximum Gasteiger partial charge on any atom is 0.165 e. The summed E-state index contributed by atoms with van der Waals surface area (Å²) >= 11 is 5.45. The average molecular weight is 241 g/mol. The third kappa shape index (κ3) is 4.12. The fourth-order valence-corrected chi connectivity index (χ4v) is 1.15. The van der Waals surface area contributed by atoms with E-state index in [-0.39, 0.29) is 17.4 Å². The SMILES string of the molecule is CC(C)COc1cc(C#CCCl)ccc1F. The molecule has 0 saturated carbocycles. The van der Waals surface area contributed by atoms with Crippen molar-refractivity contribution in [1.82, 2.24) is 0 Å². The zero-order valence-electron chi connectivity index (χ0n) is 9.39. The molecule has 0 heterocycles. The molecule has 0 aromatic heterocycles. The lowest BCUT2D eigenvalue weighted by Gasteiger charge is -2.09. The molecular formula is C13H14ClFO. The lowest BCUT2D eigenvalue weighted by atomic mass is 10.2.